The molecule has 2 aromatic rings. The molecular formula is C21H25NO3. The summed E-state index contributed by atoms with van der Waals surface area (Å²) in [6.45, 7) is 3.48. The van der Waals surface area contributed by atoms with E-state index in [1.165, 1.54) is 12.8 Å². The molecule has 0 radical (unpaired) electrons. The van der Waals surface area contributed by atoms with E-state index in [1.54, 1.807) is 0 Å². The minimum atomic E-state index is -0.807. The Hall–Kier alpha value is -1.91. The van der Waals surface area contributed by atoms with Gasteiger partial charge in [-0.2, -0.15) is 0 Å². The van der Waals surface area contributed by atoms with E-state index in [4.69, 9.17) is 4.74 Å². The van der Waals surface area contributed by atoms with Gasteiger partial charge in [-0.1, -0.05) is 49.2 Å². The molecule has 1 heterocycles. The van der Waals surface area contributed by atoms with Gasteiger partial charge in [0.1, 0.15) is 0 Å². The first kappa shape index (κ1) is 16.6. The minimum Gasteiger partial charge on any atom is -0.478 e. The highest BCUT2D eigenvalue weighted by Crippen LogP contribution is 2.39. The monoisotopic (exact) mass is 339 g/mol. The van der Waals surface area contributed by atoms with Gasteiger partial charge in [-0.25, -0.2) is 4.79 Å². The molecule has 4 nitrogen and oxygen atoms in total. The molecule has 0 amide bonds. The number of carbonyl (C=O) groups is 1. The third-order valence-electron chi connectivity index (χ3n) is 5.82. The maximum absolute atomic E-state index is 12.1. The van der Waals surface area contributed by atoms with Gasteiger partial charge >= 0.3 is 5.97 Å². The number of ether oxygens (including phenoxy) is 1. The van der Waals surface area contributed by atoms with Crippen LogP contribution in [0.5, 0.6) is 0 Å². The number of carboxylic acids is 1. The van der Waals surface area contributed by atoms with Gasteiger partial charge in [0.15, 0.2) is 0 Å². The van der Waals surface area contributed by atoms with E-state index in [0.717, 1.165) is 55.5 Å². The van der Waals surface area contributed by atoms with Gasteiger partial charge in [0.25, 0.3) is 0 Å². The second-order valence-corrected chi connectivity index (χ2v) is 7.16. The molecule has 1 saturated heterocycles. The van der Waals surface area contributed by atoms with E-state index in [9.17, 15) is 9.90 Å². The molecule has 1 saturated carbocycles. The number of fused-ring (bicyclic) bond motifs is 1. The van der Waals surface area contributed by atoms with Crippen LogP contribution in [0.25, 0.3) is 10.8 Å². The van der Waals surface area contributed by atoms with Crippen molar-refractivity contribution in [2.45, 2.75) is 37.6 Å². The minimum absolute atomic E-state index is 0.294. The van der Waals surface area contributed by atoms with Crippen molar-refractivity contribution in [1.82, 2.24) is 4.90 Å². The lowest BCUT2D eigenvalue weighted by Crippen LogP contribution is -2.47. The second-order valence-electron chi connectivity index (χ2n) is 7.16. The first-order valence-corrected chi connectivity index (χ1v) is 9.32. The predicted octanol–water partition coefficient (Wildman–Crippen LogP) is 3.90. The molecule has 1 N–H and O–H groups in total. The van der Waals surface area contributed by atoms with Crippen LogP contribution in [0.2, 0.25) is 0 Å². The highest BCUT2D eigenvalue weighted by molar-refractivity contribution is 6.05. The Morgan fingerprint density at radius 1 is 1.04 bits per heavy atom. The van der Waals surface area contributed by atoms with Crippen molar-refractivity contribution in [3.63, 3.8) is 0 Å². The fourth-order valence-electron chi connectivity index (χ4n) is 4.66. The molecule has 4 heteroatoms. The van der Waals surface area contributed by atoms with Gasteiger partial charge in [-0.3, -0.25) is 4.90 Å². The Bertz CT molecular complexity index is 767. The first-order chi connectivity index (χ1) is 12.3. The molecule has 0 spiro atoms. The summed E-state index contributed by atoms with van der Waals surface area (Å²) in [5, 5.41) is 11.8. The Morgan fingerprint density at radius 3 is 2.60 bits per heavy atom. The van der Waals surface area contributed by atoms with Gasteiger partial charge in [0.2, 0.25) is 0 Å². The Labute approximate surface area is 148 Å². The van der Waals surface area contributed by atoms with Crippen molar-refractivity contribution >= 4 is 16.7 Å². The summed E-state index contributed by atoms with van der Waals surface area (Å²) in [4.78, 5) is 14.6. The molecule has 2 fully saturated rings. The second kappa shape index (κ2) is 7.14. The molecule has 1 aliphatic heterocycles. The molecule has 25 heavy (non-hydrogen) atoms. The topological polar surface area (TPSA) is 49.8 Å². The molecule has 4 rings (SSSR count). The Balaban J connectivity index is 1.78. The standard InChI is InChI=1S/C21H25NO3/c23-21(24)20-16-6-2-1-5-15(16)9-10-18(20)17-7-3-4-8-19(17)22-11-13-25-14-12-22/h1-2,5-6,9-10,17,19H,3-4,7-8,11-14H2,(H,23,24). The van der Waals surface area contributed by atoms with E-state index < -0.39 is 5.97 Å². The van der Waals surface area contributed by atoms with Gasteiger partial charge in [0, 0.05) is 25.0 Å². The van der Waals surface area contributed by atoms with Crippen LogP contribution in [0.15, 0.2) is 36.4 Å². The zero-order valence-electron chi connectivity index (χ0n) is 14.5. The zero-order chi connectivity index (χ0) is 17.2. The average Bonchev–Trinajstić information content (AvgIpc) is 2.67. The van der Waals surface area contributed by atoms with Crippen LogP contribution in [0.3, 0.4) is 0 Å². The zero-order valence-corrected chi connectivity index (χ0v) is 14.5. The van der Waals surface area contributed by atoms with Crippen LogP contribution in [0.4, 0.5) is 0 Å². The van der Waals surface area contributed by atoms with Crippen LogP contribution >= 0.6 is 0 Å². The van der Waals surface area contributed by atoms with Gasteiger partial charge < -0.3 is 9.84 Å². The summed E-state index contributed by atoms with van der Waals surface area (Å²) in [5.74, 6) is -0.513. The number of aromatic carboxylic acids is 1. The summed E-state index contributed by atoms with van der Waals surface area (Å²) in [5.41, 5.74) is 1.52. The van der Waals surface area contributed by atoms with Crippen LogP contribution in [0.1, 0.15) is 47.5 Å². The van der Waals surface area contributed by atoms with Crippen molar-refractivity contribution in [2.24, 2.45) is 0 Å². The number of rotatable bonds is 3. The lowest BCUT2D eigenvalue weighted by atomic mass is 9.76. The lowest BCUT2D eigenvalue weighted by molar-refractivity contribution is 0.00275. The fourth-order valence-corrected chi connectivity index (χ4v) is 4.66. The summed E-state index contributed by atoms with van der Waals surface area (Å²) >= 11 is 0. The molecule has 2 aromatic carbocycles. The summed E-state index contributed by atoms with van der Waals surface area (Å²) in [7, 11) is 0. The maximum atomic E-state index is 12.1. The number of nitrogens with zero attached hydrogens (tertiary/aromatic N) is 1. The first-order valence-electron chi connectivity index (χ1n) is 9.32. The molecular weight excluding hydrogens is 314 g/mol. The van der Waals surface area contributed by atoms with Crippen LogP contribution < -0.4 is 0 Å². The number of morpholine rings is 1. The number of benzene rings is 2. The summed E-state index contributed by atoms with van der Waals surface area (Å²) in [6.07, 6.45) is 4.63. The van der Waals surface area contributed by atoms with Crippen LogP contribution in [-0.2, 0) is 4.74 Å². The smallest absolute Gasteiger partial charge is 0.336 e. The van der Waals surface area contributed by atoms with E-state index in [1.807, 2.05) is 24.3 Å². The highest BCUT2D eigenvalue weighted by Gasteiger charge is 2.34. The molecule has 2 aliphatic rings. The van der Waals surface area contributed by atoms with Crippen LogP contribution in [-0.4, -0.2) is 48.3 Å². The lowest BCUT2D eigenvalue weighted by Gasteiger charge is -2.42. The van der Waals surface area contributed by atoms with Crippen molar-refractivity contribution < 1.29 is 14.6 Å². The fraction of sp³-hybridized carbons (Fsp3) is 0.476. The van der Waals surface area contributed by atoms with Crippen molar-refractivity contribution in [3.05, 3.63) is 47.5 Å². The molecule has 132 valence electrons. The average molecular weight is 339 g/mol. The largest absolute Gasteiger partial charge is 0.478 e. The van der Waals surface area contributed by atoms with Crippen molar-refractivity contribution in [1.29, 1.82) is 0 Å². The van der Waals surface area contributed by atoms with E-state index in [0.29, 0.717) is 17.5 Å². The maximum Gasteiger partial charge on any atom is 0.336 e. The Morgan fingerprint density at radius 2 is 1.80 bits per heavy atom. The summed E-state index contributed by atoms with van der Waals surface area (Å²) in [6, 6.07) is 12.4. The SMILES string of the molecule is O=C(O)c1c(C2CCCCC2N2CCOCC2)ccc2ccccc12. The van der Waals surface area contributed by atoms with Gasteiger partial charge in [-0.15, -0.1) is 0 Å². The van der Waals surface area contributed by atoms with Gasteiger partial charge in [-0.05, 0) is 29.2 Å². The van der Waals surface area contributed by atoms with E-state index >= 15 is 0 Å². The normalized spacial score (nSPS) is 25.1. The summed E-state index contributed by atoms with van der Waals surface area (Å²) < 4.78 is 5.52. The van der Waals surface area contributed by atoms with Crippen LogP contribution in [0, 0.1) is 0 Å². The van der Waals surface area contributed by atoms with Gasteiger partial charge in [0.05, 0.1) is 18.8 Å². The molecule has 2 atom stereocenters. The Kier molecular flexibility index (Phi) is 4.73. The number of hydrogen-bond acceptors (Lipinski definition) is 3. The predicted molar refractivity (Wildman–Crippen MR) is 98.3 cm³/mol. The number of carboxylic acid groups (broad SMARTS) is 1. The quantitative estimate of drug-likeness (QED) is 0.921. The van der Waals surface area contributed by atoms with Crippen molar-refractivity contribution in [2.75, 3.05) is 26.3 Å². The molecule has 0 aromatic heterocycles. The molecule has 1 aliphatic carbocycles. The third-order valence-corrected chi connectivity index (χ3v) is 5.82. The van der Waals surface area contributed by atoms with Crippen molar-refractivity contribution in [3.8, 4) is 0 Å². The van der Waals surface area contributed by atoms with E-state index in [2.05, 4.69) is 17.0 Å². The number of hydrogen-bond donors (Lipinski definition) is 1. The molecule has 2 unspecified atom stereocenters. The molecule has 0 bridgehead atoms. The van der Waals surface area contributed by atoms with E-state index in [-0.39, 0.29) is 0 Å². The third kappa shape index (κ3) is 3.16. The highest BCUT2D eigenvalue weighted by atomic mass is 16.5.